The molecule has 1 aromatic carbocycles. The van der Waals surface area contributed by atoms with Gasteiger partial charge in [-0.25, -0.2) is 4.98 Å². The molecule has 0 bridgehead atoms. The van der Waals surface area contributed by atoms with Gasteiger partial charge in [0.1, 0.15) is 0 Å². The van der Waals surface area contributed by atoms with E-state index >= 15 is 0 Å². The molecule has 0 spiro atoms. The zero-order chi connectivity index (χ0) is 14.5. The smallest absolute Gasteiger partial charge is 0.0953 e. The van der Waals surface area contributed by atoms with Gasteiger partial charge < -0.3 is 9.88 Å². The lowest BCUT2D eigenvalue weighted by atomic mass is 10.0. The van der Waals surface area contributed by atoms with Gasteiger partial charge in [-0.3, -0.25) is 0 Å². The van der Waals surface area contributed by atoms with Crippen LogP contribution in [0.2, 0.25) is 0 Å². The molecule has 0 radical (unpaired) electrons. The first-order chi connectivity index (χ1) is 9.54. The molecule has 0 aliphatic heterocycles. The highest BCUT2D eigenvalue weighted by molar-refractivity contribution is 5.25. The minimum absolute atomic E-state index is 0.490. The molecule has 1 aromatic heterocycles. The highest BCUT2D eigenvalue weighted by Gasteiger charge is 2.02. The predicted octanol–water partition coefficient (Wildman–Crippen LogP) is 3.55. The van der Waals surface area contributed by atoms with E-state index in [0.717, 1.165) is 18.8 Å². The number of hydrogen-bond acceptors (Lipinski definition) is 2. The second-order valence-electron chi connectivity index (χ2n) is 5.97. The zero-order valence-corrected chi connectivity index (χ0v) is 12.9. The summed E-state index contributed by atoms with van der Waals surface area (Å²) in [6.45, 7) is 10.4. The first-order valence-corrected chi connectivity index (χ1v) is 7.37. The average Bonchev–Trinajstić information content (AvgIpc) is 2.84. The molecule has 1 heterocycles. The molecular weight excluding hydrogens is 246 g/mol. The Hall–Kier alpha value is -1.61. The van der Waals surface area contributed by atoms with Crippen molar-refractivity contribution in [2.75, 3.05) is 0 Å². The second-order valence-corrected chi connectivity index (χ2v) is 5.97. The van der Waals surface area contributed by atoms with Gasteiger partial charge in [0.2, 0.25) is 0 Å². The molecule has 3 heteroatoms. The summed E-state index contributed by atoms with van der Waals surface area (Å²) >= 11 is 0. The van der Waals surface area contributed by atoms with Crippen LogP contribution in [-0.4, -0.2) is 15.6 Å². The Balaban J connectivity index is 1.96. The fourth-order valence-electron chi connectivity index (χ4n) is 2.11. The van der Waals surface area contributed by atoms with Crippen LogP contribution >= 0.6 is 0 Å². The van der Waals surface area contributed by atoms with Crippen LogP contribution in [0, 0.1) is 0 Å². The summed E-state index contributed by atoms with van der Waals surface area (Å²) in [6, 6.07) is 9.35. The maximum atomic E-state index is 4.43. The number of imidazole rings is 1. The Kier molecular flexibility index (Phi) is 4.96. The first-order valence-electron chi connectivity index (χ1n) is 7.37. The molecule has 0 aliphatic rings. The molecule has 0 atom stereocenters. The van der Waals surface area contributed by atoms with E-state index in [1.165, 1.54) is 11.1 Å². The van der Waals surface area contributed by atoms with Gasteiger partial charge >= 0.3 is 0 Å². The number of benzene rings is 1. The quantitative estimate of drug-likeness (QED) is 0.870. The molecule has 3 nitrogen and oxygen atoms in total. The molecule has 0 unspecified atom stereocenters. The molecular formula is C17H25N3. The van der Waals surface area contributed by atoms with Gasteiger partial charge in [0.05, 0.1) is 12.0 Å². The molecule has 2 aromatic rings. The van der Waals surface area contributed by atoms with Gasteiger partial charge in [-0.1, -0.05) is 52.0 Å². The Labute approximate surface area is 122 Å². The highest BCUT2D eigenvalue weighted by Crippen LogP contribution is 2.15. The maximum Gasteiger partial charge on any atom is 0.0953 e. The third-order valence-electron chi connectivity index (χ3n) is 3.39. The third-order valence-corrected chi connectivity index (χ3v) is 3.39. The van der Waals surface area contributed by atoms with E-state index < -0.39 is 0 Å². The van der Waals surface area contributed by atoms with Crippen molar-refractivity contribution in [2.24, 2.45) is 0 Å². The van der Waals surface area contributed by atoms with Crippen LogP contribution in [0.4, 0.5) is 0 Å². The molecule has 108 valence electrons. The molecule has 20 heavy (non-hydrogen) atoms. The van der Waals surface area contributed by atoms with Crippen LogP contribution in [0.3, 0.4) is 0 Å². The van der Waals surface area contributed by atoms with Crippen molar-refractivity contribution < 1.29 is 0 Å². The van der Waals surface area contributed by atoms with Crippen LogP contribution in [-0.2, 0) is 13.1 Å². The number of nitrogens with one attached hydrogen (secondary N) is 1. The summed E-state index contributed by atoms with van der Waals surface area (Å²) in [5.41, 5.74) is 3.80. The van der Waals surface area contributed by atoms with Gasteiger partial charge in [0.25, 0.3) is 0 Å². The second kappa shape index (κ2) is 6.71. The monoisotopic (exact) mass is 271 g/mol. The Morgan fingerprint density at radius 1 is 1.10 bits per heavy atom. The number of nitrogens with zero attached hydrogens (tertiary/aromatic N) is 2. The zero-order valence-electron chi connectivity index (χ0n) is 12.9. The fourth-order valence-corrected chi connectivity index (χ4v) is 2.11. The minimum atomic E-state index is 0.490. The van der Waals surface area contributed by atoms with Crippen molar-refractivity contribution in [3.05, 3.63) is 53.6 Å². The summed E-state index contributed by atoms with van der Waals surface area (Å²) in [4.78, 5) is 4.43. The van der Waals surface area contributed by atoms with E-state index in [4.69, 9.17) is 0 Å². The Bertz CT molecular complexity index is 523. The normalized spacial score (nSPS) is 11.5. The topological polar surface area (TPSA) is 29.9 Å². The standard InChI is InChI=1S/C17H25N3/c1-13(2)16-7-5-15(6-8-16)10-20-11-17(19-12-20)9-18-14(3)4/h5-8,11-14,18H,9-10H2,1-4H3. The van der Waals surface area contributed by atoms with Crippen molar-refractivity contribution in [3.63, 3.8) is 0 Å². The molecule has 0 saturated heterocycles. The SMILES string of the molecule is CC(C)NCc1cn(Cc2ccc(C(C)C)cc2)cn1. The first kappa shape index (κ1) is 14.8. The van der Waals surface area contributed by atoms with Gasteiger partial charge in [-0.2, -0.15) is 0 Å². The molecule has 2 rings (SSSR count). The predicted molar refractivity (Wildman–Crippen MR) is 83.8 cm³/mol. The summed E-state index contributed by atoms with van der Waals surface area (Å²) < 4.78 is 2.14. The van der Waals surface area contributed by atoms with E-state index in [1.54, 1.807) is 0 Å². The van der Waals surface area contributed by atoms with Gasteiger partial charge in [0.15, 0.2) is 0 Å². The van der Waals surface area contributed by atoms with Gasteiger partial charge in [0, 0.05) is 25.3 Å². The van der Waals surface area contributed by atoms with Crippen molar-refractivity contribution in [2.45, 2.75) is 52.7 Å². The van der Waals surface area contributed by atoms with E-state index in [-0.39, 0.29) is 0 Å². The fraction of sp³-hybridized carbons (Fsp3) is 0.471. The van der Waals surface area contributed by atoms with Crippen LogP contribution in [0.1, 0.15) is 50.4 Å². The van der Waals surface area contributed by atoms with E-state index in [2.05, 4.69) is 73.0 Å². The van der Waals surface area contributed by atoms with Gasteiger partial charge in [-0.15, -0.1) is 0 Å². The highest BCUT2D eigenvalue weighted by atomic mass is 15.0. The molecule has 0 amide bonds. The maximum absolute atomic E-state index is 4.43. The summed E-state index contributed by atoms with van der Waals surface area (Å²) in [5, 5.41) is 3.38. The van der Waals surface area contributed by atoms with Crippen molar-refractivity contribution in [1.82, 2.24) is 14.9 Å². The number of aromatic nitrogens is 2. The third kappa shape index (κ3) is 4.20. The lowest BCUT2D eigenvalue weighted by Gasteiger charge is -2.07. The number of hydrogen-bond donors (Lipinski definition) is 1. The molecule has 0 fully saturated rings. The number of rotatable bonds is 6. The largest absolute Gasteiger partial charge is 0.333 e. The average molecular weight is 271 g/mol. The van der Waals surface area contributed by atoms with Crippen molar-refractivity contribution in [1.29, 1.82) is 0 Å². The molecule has 0 aliphatic carbocycles. The van der Waals surface area contributed by atoms with E-state index in [9.17, 15) is 0 Å². The van der Waals surface area contributed by atoms with Crippen LogP contribution < -0.4 is 5.32 Å². The summed E-state index contributed by atoms with van der Waals surface area (Å²) in [7, 11) is 0. The van der Waals surface area contributed by atoms with E-state index in [1.807, 2.05) is 6.33 Å². The Morgan fingerprint density at radius 2 is 1.80 bits per heavy atom. The van der Waals surface area contributed by atoms with Crippen LogP contribution in [0.5, 0.6) is 0 Å². The Morgan fingerprint density at radius 3 is 2.40 bits per heavy atom. The molecule has 0 saturated carbocycles. The summed E-state index contributed by atoms with van der Waals surface area (Å²) in [6.07, 6.45) is 4.03. The summed E-state index contributed by atoms with van der Waals surface area (Å²) in [5.74, 6) is 0.589. The lowest BCUT2D eigenvalue weighted by Crippen LogP contribution is -2.21. The van der Waals surface area contributed by atoms with Crippen molar-refractivity contribution in [3.8, 4) is 0 Å². The van der Waals surface area contributed by atoms with Crippen molar-refractivity contribution >= 4 is 0 Å². The van der Waals surface area contributed by atoms with Crippen LogP contribution in [0.25, 0.3) is 0 Å². The molecule has 1 N–H and O–H groups in total. The van der Waals surface area contributed by atoms with E-state index in [0.29, 0.717) is 12.0 Å². The minimum Gasteiger partial charge on any atom is -0.333 e. The lowest BCUT2D eigenvalue weighted by molar-refractivity contribution is 0.582. The van der Waals surface area contributed by atoms with Crippen LogP contribution in [0.15, 0.2) is 36.8 Å². The van der Waals surface area contributed by atoms with Gasteiger partial charge in [-0.05, 0) is 17.0 Å².